The molecule has 0 spiro atoms. The average molecular weight is 251 g/mol. The van der Waals surface area contributed by atoms with Gasteiger partial charge >= 0.3 is 0 Å². The van der Waals surface area contributed by atoms with E-state index in [0.29, 0.717) is 0 Å². The smallest absolute Gasteiger partial charge is 0.235 e. The summed E-state index contributed by atoms with van der Waals surface area (Å²) in [5, 5.41) is 4.03. The second-order valence-electron chi connectivity index (χ2n) is 4.11. The van der Waals surface area contributed by atoms with Crippen molar-refractivity contribution in [2.75, 3.05) is 5.88 Å². The summed E-state index contributed by atoms with van der Waals surface area (Å²) in [6.07, 6.45) is 0. The maximum absolute atomic E-state index is 11.3. The number of hydrogen-bond donors (Lipinski definition) is 1. The van der Waals surface area contributed by atoms with Gasteiger partial charge in [0, 0.05) is 18.3 Å². The Labute approximate surface area is 105 Å². The van der Waals surface area contributed by atoms with Gasteiger partial charge in [-0.05, 0) is 24.4 Å². The van der Waals surface area contributed by atoms with E-state index in [9.17, 15) is 4.79 Å². The van der Waals surface area contributed by atoms with Crippen molar-refractivity contribution in [1.82, 2.24) is 9.88 Å². The Morgan fingerprint density at radius 1 is 1.47 bits per heavy atom. The maximum Gasteiger partial charge on any atom is 0.235 e. The van der Waals surface area contributed by atoms with Crippen LogP contribution in [0.15, 0.2) is 30.3 Å². The molecule has 0 radical (unpaired) electrons. The van der Waals surface area contributed by atoms with Crippen molar-refractivity contribution in [2.24, 2.45) is 7.05 Å². The Morgan fingerprint density at radius 2 is 2.18 bits per heavy atom. The molecule has 90 valence electrons. The minimum Gasteiger partial charge on any atom is -0.347 e. The van der Waals surface area contributed by atoms with Gasteiger partial charge in [0.1, 0.15) is 5.88 Å². The normalized spacial score (nSPS) is 12.6. The van der Waals surface area contributed by atoms with E-state index in [1.165, 1.54) is 5.39 Å². The molecule has 1 heterocycles. The van der Waals surface area contributed by atoms with Gasteiger partial charge in [-0.3, -0.25) is 4.79 Å². The molecule has 0 saturated heterocycles. The topological polar surface area (TPSA) is 34.0 Å². The van der Waals surface area contributed by atoms with Gasteiger partial charge in [-0.2, -0.15) is 0 Å². The molecule has 2 aromatic rings. The van der Waals surface area contributed by atoms with Crippen LogP contribution in [0.1, 0.15) is 18.7 Å². The second-order valence-corrected chi connectivity index (χ2v) is 4.38. The van der Waals surface area contributed by atoms with Gasteiger partial charge in [0.2, 0.25) is 5.91 Å². The second kappa shape index (κ2) is 4.80. The van der Waals surface area contributed by atoms with Gasteiger partial charge in [-0.1, -0.05) is 18.2 Å². The average Bonchev–Trinajstić information content (AvgIpc) is 2.67. The van der Waals surface area contributed by atoms with E-state index in [4.69, 9.17) is 11.6 Å². The number of carbonyl (C=O) groups excluding carboxylic acids is 1. The Bertz CT molecular complexity index is 547. The lowest BCUT2D eigenvalue weighted by Crippen LogP contribution is -2.28. The number of aromatic nitrogens is 1. The third-order valence-corrected chi connectivity index (χ3v) is 3.17. The molecule has 0 saturated carbocycles. The molecule has 2 rings (SSSR count). The standard InChI is InChI=1S/C13H15ClN2O/c1-9(15-13(17)8-14)12-7-10-5-3-4-6-11(10)16(12)2/h3-7,9H,8H2,1-2H3,(H,15,17). The van der Waals surface area contributed by atoms with Gasteiger partial charge in [-0.25, -0.2) is 0 Å². The largest absolute Gasteiger partial charge is 0.347 e. The highest BCUT2D eigenvalue weighted by molar-refractivity contribution is 6.27. The van der Waals surface area contributed by atoms with E-state index >= 15 is 0 Å². The number of alkyl halides is 1. The quantitative estimate of drug-likeness (QED) is 0.835. The van der Waals surface area contributed by atoms with Crippen LogP contribution in [0.25, 0.3) is 10.9 Å². The van der Waals surface area contributed by atoms with Crippen LogP contribution in [-0.4, -0.2) is 16.4 Å². The number of hydrogen-bond acceptors (Lipinski definition) is 1. The molecule has 1 aromatic heterocycles. The van der Waals surface area contributed by atoms with Crippen molar-refractivity contribution < 1.29 is 4.79 Å². The highest BCUT2D eigenvalue weighted by atomic mass is 35.5. The van der Waals surface area contributed by atoms with Crippen molar-refractivity contribution in [2.45, 2.75) is 13.0 Å². The predicted molar refractivity (Wildman–Crippen MR) is 70.2 cm³/mol. The molecule has 1 amide bonds. The highest BCUT2D eigenvalue weighted by Crippen LogP contribution is 2.22. The van der Waals surface area contributed by atoms with Crippen molar-refractivity contribution in [1.29, 1.82) is 0 Å². The molecule has 1 aromatic carbocycles. The number of nitrogens with one attached hydrogen (secondary N) is 1. The van der Waals surface area contributed by atoms with Crippen LogP contribution in [0, 0.1) is 0 Å². The number of amides is 1. The molecule has 1 atom stereocenters. The molecule has 17 heavy (non-hydrogen) atoms. The van der Waals surface area contributed by atoms with Gasteiger partial charge in [0.25, 0.3) is 0 Å². The highest BCUT2D eigenvalue weighted by Gasteiger charge is 2.13. The molecule has 0 aliphatic carbocycles. The number of nitrogens with zero attached hydrogens (tertiary/aromatic N) is 1. The first-order valence-electron chi connectivity index (χ1n) is 5.53. The van der Waals surface area contributed by atoms with Crippen molar-refractivity contribution in [3.05, 3.63) is 36.0 Å². The summed E-state index contributed by atoms with van der Waals surface area (Å²) in [4.78, 5) is 11.3. The van der Waals surface area contributed by atoms with E-state index in [1.807, 2.05) is 26.1 Å². The third kappa shape index (κ3) is 2.29. The van der Waals surface area contributed by atoms with E-state index in [0.717, 1.165) is 11.2 Å². The zero-order chi connectivity index (χ0) is 12.4. The minimum absolute atomic E-state index is 0.00567. The Kier molecular flexibility index (Phi) is 3.38. The van der Waals surface area contributed by atoms with Crippen molar-refractivity contribution in [3.8, 4) is 0 Å². The van der Waals surface area contributed by atoms with Gasteiger partial charge < -0.3 is 9.88 Å². The van der Waals surface area contributed by atoms with E-state index < -0.39 is 0 Å². The molecule has 0 aliphatic rings. The first-order chi connectivity index (χ1) is 8.13. The summed E-state index contributed by atoms with van der Waals surface area (Å²) >= 11 is 5.48. The number of rotatable bonds is 3. The molecule has 0 bridgehead atoms. The van der Waals surface area contributed by atoms with Gasteiger partial charge in [-0.15, -0.1) is 11.6 Å². The van der Waals surface area contributed by atoms with Crippen LogP contribution in [0.3, 0.4) is 0 Å². The predicted octanol–water partition coefficient (Wildman–Crippen LogP) is 2.59. The number of halogens is 1. The zero-order valence-corrected chi connectivity index (χ0v) is 10.7. The van der Waals surface area contributed by atoms with Gasteiger partial charge in [0.15, 0.2) is 0 Å². The minimum atomic E-state index is -0.149. The van der Waals surface area contributed by atoms with Crippen LogP contribution in [0.2, 0.25) is 0 Å². The lowest BCUT2D eigenvalue weighted by molar-refractivity contribution is -0.119. The summed E-state index contributed by atoms with van der Waals surface area (Å²) in [5.74, 6) is -0.154. The fourth-order valence-electron chi connectivity index (χ4n) is 2.08. The Balaban J connectivity index is 2.35. The summed E-state index contributed by atoms with van der Waals surface area (Å²) in [6.45, 7) is 1.96. The third-order valence-electron chi connectivity index (χ3n) is 2.93. The fraction of sp³-hybridized carbons (Fsp3) is 0.308. The van der Waals surface area contributed by atoms with Crippen LogP contribution in [0.5, 0.6) is 0 Å². The summed E-state index contributed by atoms with van der Waals surface area (Å²) in [5.41, 5.74) is 2.24. The molecule has 0 aliphatic heterocycles. The summed E-state index contributed by atoms with van der Waals surface area (Å²) in [7, 11) is 2.00. The number of aryl methyl sites for hydroxylation is 1. The van der Waals surface area contributed by atoms with Crippen LogP contribution in [-0.2, 0) is 11.8 Å². The first-order valence-corrected chi connectivity index (χ1v) is 6.06. The monoisotopic (exact) mass is 250 g/mol. The number of benzene rings is 1. The molecule has 0 fully saturated rings. The van der Waals surface area contributed by atoms with E-state index in [-0.39, 0.29) is 17.8 Å². The molecular formula is C13H15ClN2O. The number of carbonyl (C=O) groups is 1. The van der Waals surface area contributed by atoms with Crippen molar-refractivity contribution >= 4 is 28.4 Å². The first kappa shape index (κ1) is 12.0. The number of para-hydroxylation sites is 1. The molecular weight excluding hydrogens is 236 g/mol. The van der Waals surface area contributed by atoms with Crippen LogP contribution >= 0.6 is 11.6 Å². The lowest BCUT2D eigenvalue weighted by Gasteiger charge is -2.14. The SMILES string of the molecule is CC(NC(=O)CCl)c1cc2ccccc2n1C. The van der Waals surface area contributed by atoms with E-state index in [1.54, 1.807) is 0 Å². The molecule has 4 heteroatoms. The number of fused-ring (bicyclic) bond motifs is 1. The maximum atomic E-state index is 11.3. The fourth-order valence-corrected chi connectivity index (χ4v) is 2.16. The summed E-state index contributed by atoms with van der Waals surface area (Å²) in [6, 6.07) is 10.2. The Hall–Kier alpha value is -1.48. The van der Waals surface area contributed by atoms with Crippen LogP contribution in [0.4, 0.5) is 0 Å². The molecule has 3 nitrogen and oxygen atoms in total. The summed E-state index contributed by atoms with van der Waals surface area (Å²) < 4.78 is 2.09. The zero-order valence-electron chi connectivity index (χ0n) is 9.90. The molecule has 1 unspecified atom stereocenters. The van der Waals surface area contributed by atoms with E-state index in [2.05, 4.69) is 28.1 Å². The molecule has 1 N–H and O–H groups in total. The van der Waals surface area contributed by atoms with Gasteiger partial charge in [0.05, 0.1) is 6.04 Å². The van der Waals surface area contributed by atoms with Crippen molar-refractivity contribution in [3.63, 3.8) is 0 Å². The lowest BCUT2D eigenvalue weighted by atomic mass is 10.2. The Morgan fingerprint density at radius 3 is 2.82 bits per heavy atom. The van der Waals surface area contributed by atoms with Crippen LogP contribution < -0.4 is 5.32 Å².